The average molecular weight is 516 g/mol. The highest BCUT2D eigenvalue weighted by atomic mass is 16.5. The van der Waals surface area contributed by atoms with E-state index in [9.17, 15) is 33.6 Å². The van der Waals surface area contributed by atoms with Crippen molar-refractivity contribution in [2.24, 2.45) is 5.73 Å². The van der Waals surface area contributed by atoms with Gasteiger partial charge in [0.1, 0.15) is 11.8 Å². The number of primary amides is 1. The summed E-state index contributed by atoms with van der Waals surface area (Å²) in [5.74, 6) is -4.49. The molecule has 192 valence electrons. The van der Waals surface area contributed by atoms with Gasteiger partial charge in [0, 0.05) is 17.5 Å². The van der Waals surface area contributed by atoms with Crippen LogP contribution in [0.3, 0.4) is 0 Å². The Hall–Kier alpha value is -5.13. The molecule has 2 aromatic carbocycles. The summed E-state index contributed by atoms with van der Waals surface area (Å²) in [7, 11) is 0. The fourth-order valence-electron chi connectivity index (χ4n) is 4.61. The fourth-order valence-corrected chi connectivity index (χ4v) is 4.61. The van der Waals surface area contributed by atoms with Crippen molar-refractivity contribution < 1.29 is 38.3 Å². The Bertz CT molecular complexity index is 1480. The van der Waals surface area contributed by atoms with Crippen molar-refractivity contribution in [3.05, 3.63) is 76.6 Å². The van der Waals surface area contributed by atoms with Crippen LogP contribution in [-0.2, 0) is 36.9 Å². The molecule has 3 heterocycles. The van der Waals surface area contributed by atoms with Gasteiger partial charge in [-0.2, -0.15) is 0 Å². The van der Waals surface area contributed by atoms with E-state index in [0.29, 0.717) is 11.1 Å². The van der Waals surface area contributed by atoms with Crippen LogP contribution < -0.4 is 15.8 Å². The number of nitrogens with two attached hydrogens (primary N) is 1. The molecule has 7 amide bonds. The molecular weight excluding hydrogens is 496 g/mol. The summed E-state index contributed by atoms with van der Waals surface area (Å²) in [6.45, 7) is -0.218. The van der Waals surface area contributed by atoms with Gasteiger partial charge in [0.05, 0.1) is 19.0 Å². The summed E-state index contributed by atoms with van der Waals surface area (Å²) in [4.78, 5) is 88.5. The maximum absolute atomic E-state index is 13.2. The van der Waals surface area contributed by atoms with Crippen LogP contribution >= 0.6 is 0 Å². The van der Waals surface area contributed by atoms with Crippen molar-refractivity contribution in [2.75, 3.05) is 0 Å². The van der Waals surface area contributed by atoms with Crippen molar-refractivity contribution in [3.63, 3.8) is 0 Å². The zero-order valence-electron chi connectivity index (χ0n) is 19.8. The van der Waals surface area contributed by atoms with Gasteiger partial charge in [0.15, 0.2) is 5.76 Å². The molecule has 0 aromatic heterocycles. The van der Waals surface area contributed by atoms with E-state index in [-0.39, 0.29) is 48.4 Å². The second-order valence-electron chi connectivity index (χ2n) is 8.88. The van der Waals surface area contributed by atoms with Gasteiger partial charge in [-0.1, -0.05) is 12.1 Å². The molecule has 0 saturated carbocycles. The maximum Gasteiger partial charge on any atom is 0.296 e. The molecule has 3 aliphatic heterocycles. The molecule has 1 saturated heterocycles. The fraction of sp³-hybridized carbons (Fsp3) is 0.192. The number of nitrogens with zero attached hydrogens (tertiary/aromatic N) is 2. The van der Waals surface area contributed by atoms with Crippen LogP contribution in [0.15, 0.2) is 54.3 Å². The summed E-state index contributed by atoms with van der Waals surface area (Å²) in [6.07, 6.45) is 0.842. The zero-order chi connectivity index (χ0) is 27.1. The molecule has 0 aliphatic carbocycles. The lowest BCUT2D eigenvalue weighted by Crippen LogP contribution is -2.58. The average Bonchev–Trinajstić information content (AvgIpc) is 3.13. The number of imide groups is 3. The van der Waals surface area contributed by atoms with E-state index < -0.39 is 47.4 Å². The van der Waals surface area contributed by atoms with Crippen LogP contribution in [0, 0.1) is 0 Å². The summed E-state index contributed by atoms with van der Waals surface area (Å²) >= 11 is 0. The van der Waals surface area contributed by atoms with Crippen molar-refractivity contribution in [3.8, 4) is 5.75 Å². The first-order valence-electron chi connectivity index (χ1n) is 11.6. The van der Waals surface area contributed by atoms with E-state index in [2.05, 4.69) is 5.32 Å². The first-order chi connectivity index (χ1) is 18.1. The predicted molar refractivity (Wildman–Crippen MR) is 127 cm³/mol. The minimum absolute atomic E-state index is 0.00619. The number of carbonyl (C=O) groups excluding carboxylic acids is 7. The molecule has 0 spiro atoms. The van der Waals surface area contributed by atoms with Crippen LogP contribution in [0.25, 0.3) is 0 Å². The summed E-state index contributed by atoms with van der Waals surface area (Å²) in [5.41, 5.74) is 6.39. The first-order valence-corrected chi connectivity index (χ1v) is 11.6. The molecule has 0 bridgehead atoms. The minimum atomic E-state index is -1.09. The van der Waals surface area contributed by atoms with Gasteiger partial charge in [-0.05, 0) is 47.9 Å². The highest BCUT2D eigenvalue weighted by Crippen LogP contribution is 2.29. The lowest BCUT2D eigenvalue weighted by molar-refractivity contribution is -0.143. The van der Waals surface area contributed by atoms with Crippen LogP contribution in [-0.4, -0.2) is 57.2 Å². The Morgan fingerprint density at radius 3 is 2.42 bits per heavy atom. The molecule has 0 radical (unpaired) electrons. The first kappa shape index (κ1) is 24.6. The Morgan fingerprint density at radius 2 is 1.74 bits per heavy atom. The number of amides is 7. The third-order valence-electron chi connectivity index (χ3n) is 6.51. The molecule has 1 atom stereocenters. The molecule has 2 aromatic rings. The lowest BCUT2D eigenvalue weighted by atomic mass is 9.91. The van der Waals surface area contributed by atoms with Crippen LogP contribution in [0.2, 0.25) is 0 Å². The van der Waals surface area contributed by atoms with Gasteiger partial charge in [-0.15, -0.1) is 0 Å². The number of ether oxygens (including phenoxy) is 1. The largest absolute Gasteiger partial charge is 0.451 e. The topological polar surface area (TPSA) is 173 Å². The van der Waals surface area contributed by atoms with E-state index in [1.807, 2.05) is 0 Å². The van der Waals surface area contributed by atoms with E-state index in [0.717, 1.165) is 15.9 Å². The number of hydrogen-bond donors (Lipinski definition) is 2. The Labute approximate surface area is 215 Å². The minimum Gasteiger partial charge on any atom is -0.451 e. The van der Waals surface area contributed by atoms with E-state index >= 15 is 0 Å². The molecular formula is C26H20N4O8. The van der Waals surface area contributed by atoms with Crippen molar-refractivity contribution >= 4 is 41.4 Å². The van der Waals surface area contributed by atoms with Crippen molar-refractivity contribution in [1.29, 1.82) is 0 Å². The highest BCUT2D eigenvalue weighted by molar-refractivity contribution is 6.16. The molecule has 38 heavy (non-hydrogen) atoms. The third kappa shape index (κ3) is 4.32. The Morgan fingerprint density at radius 1 is 1.00 bits per heavy atom. The molecule has 12 heteroatoms. The van der Waals surface area contributed by atoms with E-state index in [1.165, 1.54) is 30.3 Å². The van der Waals surface area contributed by atoms with E-state index in [1.54, 1.807) is 12.1 Å². The second-order valence-corrected chi connectivity index (χ2v) is 8.88. The predicted octanol–water partition coefficient (Wildman–Crippen LogP) is -0.0527. The van der Waals surface area contributed by atoms with E-state index in [4.69, 9.17) is 10.5 Å². The molecule has 1 fully saturated rings. The molecule has 5 rings (SSSR count). The lowest BCUT2D eigenvalue weighted by Gasteiger charge is -2.35. The molecule has 1 unspecified atom stereocenters. The standard InChI is InChI=1S/C26H20N4O8/c27-23(34)13-4-6-15(7-5-13)38-19-11-21(32)29(26(19)37)12-14-2-1-3-16-17(14)10-22(33)30(25(16)36)18-8-9-20(31)28-24(18)35/h1-7,11,18H,8-10,12H2,(H2,27,34)(H,28,31,35). The van der Waals surface area contributed by atoms with Gasteiger partial charge >= 0.3 is 0 Å². The molecule has 3 N–H and O–H groups in total. The van der Waals surface area contributed by atoms with Crippen LogP contribution in [0.1, 0.15) is 44.7 Å². The Kier molecular flexibility index (Phi) is 6.07. The van der Waals surface area contributed by atoms with Gasteiger partial charge in [-0.3, -0.25) is 48.7 Å². The number of rotatable bonds is 6. The third-order valence-corrected chi connectivity index (χ3v) is 6.51. The van der Waals surface area contributed by atoms with Crippen molar-refractivity contribution in [1.82, 2.24) is 15.1 Å². The number of hydrogen-bond acceptors (Lipinski definition) is 8. The van der Waals surface area contributed by atoms with Crippen molar-refractivity contribution in [2.45, 2.75) is 31.8 Å². The number of fused-ring (bicyclic) bond motifs is 1. The van der Waals surface area contributed by atoms with Crippen LogP contribution in [0.5, 0.6) is 5.75 Å². The SMILES string of the molecule is NC(=O)c1ccc(OC2=CC(=O)N(Cc3cccc4c3CC(=O)N(C3CCC(=O)NC3=O)C4=O)C2=O)cc1. The number of piperidine rings is 1. The maximum atomic E-state index is 13.2. The molecule has 3 aliphatic rings. The quantitative estimate of drug-likeness (QED) is 0.503. The summed E-state index contributed by atoms with van der Waals surface area (Å²) in [5, 5.41) is 2.15. The van der Waals surface area contributed by atoms with Gasteiger partial charge < -0.3 is 10.5 Å². The normalized spacial score (nSPS) is 19.4. The zero-order valence-corrected chi connectivity index (χ0v) is 19.8. The summed E-state index contributed by atoms with van der Waals surface area (Å²) in [6, 6.07) is 9.26. The Balaban J connectivity index is 1.34. The summed E-state index contributed by atoms with van der Waals surface area (Å²) < 4.78 is 5.53. The smallest absolute Gasteiger partial charge is 0.296 e. The number of benzene rings is 2. The monoisotopic (exact) mass is 516 g/mol. The molecule has 12 nitrogen and oxygen atoms in total. The van der Waals surface area contributed by atoms with Crippen LogP contribution in [0.4, 0.5) is 0 Å². The van der Waals surface area contributed by atoms with Gasteiger partial charge in [0.2, 0.25) is 23.6 Å². The van der Waals surface area contributed by atoms with Gasteiger partial charge in [0.25, 0.3) is 17.7 Å². The second kappa shape index (κ2) is 9.39. The number of carbonyl (C=O) groups is 7. The number of nitrogens with one attached hydrogen (secondary N) is 1. The highest BCUT2D eigenvalue weighted by Gasteiger charge is 2.42. The van der Waals surface area contributed by atoms with Gasteiger partial charge in [-0.25, -0.2) is 0 Å².